The van der Waals surface area contributed by atoms with E-state index in [9.17, 15) is 0 Å². The van der Waals surface area contributed by atoms with Gasteiger partial charge in [-0.05, 0) is 61.0 Å². The molecule has 0 aliphatic heterocycles. The maximum absolute atomic E-state index is 5.06. The van der Waals surface area contributed by atoms with Crippen molar-refractivity contribution in [1.82, 2.24) is 19.6 Å². The summed E-state index contributed by atoms with van der Waals surface area (Å²) in [5, 5.41) is 6.11. The van der Waals surface area contributed by atoms with Crippen LogP contribution in [0.2, 0.25) is 0 Å². The van der Waals surface area contributed by atoms with Crippen LogP contribution in [0.4, 0.5) is 0 Å². The molecule has 0 unspecified atom stereocenters. The molecule has 154 valence electrons. The lowest BCUT2D eigenvalue weighted by Crippen LogP contribution is -2.26. The summed E-state index contributed by atoms with van der Waals surface area (Å²) in [6.07, 6.45) is 6.57. The molecule has 2 aliphatic rings. The molecular weight excluding hydrogens is 388 g/mol. The third kappa shape index (κ3) is 2.89. The Bertz CT molecular complexity index is 1260. The van der Waals surface area contributed by atoms with E-state index in [2.05, 4.69) is 52.0 Å². The maximum atomic E-state index is 5.06. The summed E-state index contributed by atoms with van der Waals surface area (Å²) < 4.78 is 1.92. The fourth-order valence-electron chi connectivity index (χ4n) is 5.15. The standard InChI is InChI=1S/C25H28N4S/c1-14-5-7-15(8-6-14)18-12-19(18)22-27-23-21-17-10-9-16(25(2,3)4)11-20(17)30-24(21)26-13-29(23)28-22/h5-8,13,16,18-19H,9-12H2,1-4H3/t16-,18-,19+/m0/s1. The van der Waals surface area contributed by atoms with Crippen LogP contribution in [0, 0.1) is 18.3 Å². The van der Waals surface area contributed by atoms with Crippen molar-refractivity contribution in [2.75, 3.05) is 0 Å². The van der Waals surface area contributed by atoms with Crippen molar-refractivity contribution in [2.45, 2.75) is 65.2 Å². The Morgan fingerprint density at radius 2 is 1.90 bits per heavy atom. The molecule has 0 radical (unpaired) electrons. The van der Waals surface area contributed by atoms with E-state index in [1.807, 2.05) is 22.2 Å². The Labute approximate surface area is 181 Å². The van der Waals surface area contributed by atoms with Gasteiger partial charge in [0.25, 0.3) is 0 Å². The van der Waals surface area contributed by atoms with E-state index in [0.29, 0.717) is 17.3 Å². The Morgan fingerprint density at radius 3 is 2.67 bits per heavy atom. The highest BCUT2D eigenvalue weighted by atomic mass is 32.1. The zero-order valence-corrected chi connectivity index (χ0v) is 19.0. The van der Waals surface area contributed by atoms with Gasteiger partial charge in [0.1, 0.15) is 11.2 Å². The zero-order valence-electron chi connectivity index (χ0n) is 18.1. The Kier molecular flexibility index (Phi) is 3.92. The van der Waals surface area contributed by atoms with Crippen molar-refractivity contribution in [3.8, 4) is 0 Å². The van der Waals surface area contributed by atoms with Crippen molar-refractivity contribution in [3.63, 3.8) is 0 Å². The molecule has 1 aromatic carbocycles. The summed E-state index contributed by atoms with van der Waals surface area (Å²) in [6, 6.07) is 8.93. The van der Waals surface area contributed by atoms with E-state index in [4.69, 9.17) is 15.1 Å². The Hall–Kier alpha value is -2.27. The van der Waals surface area contributed by atoms with Crippen LogP contribution in [0.25, 0.3) is 15.9 Å². The summed E-state index contributed by atoms with van der Waals surface area (Å²) in [7, 11) is 0. The molecule has 0 spiro atoms. The highest BCUT2D eigenvalue weighted by Gasteiger charge is 2.42. The second-order valence-corrected chi connectivity index (χ2v) is 11.4. The number of fused-ring (bicyclic) bond motifs is 5. The monoisotopic (exact) mass is 416 g/mol. The minimum absolute atomic E-state index is 0.357. The average molecular weight is 417 g/mol. The molecule has 5 heteroatoms. The van der Waals surface area contributed by atoms with Crippen molar-refractivity contribution in [1.29, 1.82) is 0 Å². The number of aryl methyl sites for hydroxylation is 2. The summed E-state index contributed by atoms with van der Waals surface area (Å²) in [5.74, 6) is 2.71. The summed E-state index contributed by atoms with van der Waals surface area (Å²) in [5.41, 5.74) is 5.57. The van der Waals surface area contributed by atoms with Crippen LogP contribution in [-0.2, 0) is 12.8 Å². The van der Waals surface area contributed by atoms with Gasteiger partial charge in [-0.1, -0.05) is 50.6 Å². The molecule has 0 saturated heterocycles. The van der Waals surface area contributed by atoms with Gasteiger partial charge in [0.2, 0.25) is 0 Å². The van der Waals surface area contributed by atoms with E-state index >= 15 is 0 Å². The van der Waals surface area contributed by atoms with E-state index < -0.39 is 0 Å². The molecule has 6 rings (SSSR count). The largest absolute Gasteiger partial charge is 0.225 e. The van der Waals surface area contributed by atoms with Crippen molar-refractivity contribution < 1.29 is 0 Å². The second kappa shape index (κ2) is 6.36. The van der Waals surface area contributed by atoms with Crippen molar-refractivity contribution >= 4 is 27.2 Å². The number of rotatable bonds is 2. The molecule has 0 N–H and O–H groups in total. The second-order valence-electron chi connectivity index (χ2n) is 10.3. The van der Waals surface area contributed by atoms with Gasteiger partial charge in [-0.3, -0.25) is 0 Å². The van der Waals surface area contributed by atoms with Gasteiger partial charge < -0.3 is 0 Å². The minimum atomic E-state index is 0.357. The third-order valence-corrected chi connectivity index (χ3v) is 8.42. The fraction of sp³-hybridized carbons (Fsp3) is 0.480. The number of benzene rings is 1. The quantitative estimate of drug-likeness (QED) is 0.398. The highest BCUT2D eigenvalue weighted by molar-refractivity contribution is 7.19. The molecule has 2 aliphatic carbocycles. The van der Waals surface area contributed by atoms with Crippen molar-refractivity contribution in [3.05, 3.63) is 58.0 Å². The number of nitrogens with zero attached hydrogens (tertiary/aromatic N) is 4. The van der Waals surface area contributed by atoms with Crippen LogP contribution < -0.4 is 0 Å². The van der Waals surface area contributed by atoms with Gasteiger partial charge in [0.05, 0.1) is 5.39 Å². The van der Waals surface area contributed by atoms with Crippen molar-refractivity contribution in [2.24, 2.45) is 11.3 Å². The van der Waals surface area contributed by atoms with E-state index in [1.54, 1.807) is 0 Å². The molecule has 1 fully saturated rings. The zero-order chi connectivity index (χ0) is 20.6. The molecule has 0 bridgehead atoms. The molecule has 3 heterocycles. The van der Waals surface area contributed by atoms with Crippen LogP contribution in [0.15, 0.2) is 30.6 Å². The summed E-state index contributed by atoms with van der Waals surface area (Å²) in [4.78, 5) is 12.5. The van der Waals surface area contributed by atoms with Gasteiger partial charge in [-0.15, -0.1) is 16.4 Å². The van der Waals surface area contributed by atoms with Crippen LogP contribution in [0.5, 0.6) is 0 Å². The average Bonchev–Trinajstić information content (AvgIpc) is 3.24. The number of hydrogen-bond acceptors (Lipinski definition) is 4. The smallest absolute Gasteiger partial charge is 0.167 e. The van der Waals surface area contributed by atoms with Gasteiger partial charge in [-0.2, -0.15) is 0 Å². The van der Waals surface area contributed by atoms with Gasteiger partial charge in [-0.25, -0.2) is 14.5 Å². The maximum Gasteiger partial charge on any atom is 0.167 e. The molecule has 4 aromatic rings. The molecule has 30 heavy (non-hydrogen) atoms. The summed E-state index contributed by atoms with van der Waals surface area (Å²) in [6.45, 7) is 9.26. The lowest BCUT2D eigenvalue weighted by molar-refractivity contribution is 0.218. The Morgan fingerprint density at radius 1 is 1.10 bits per heavy atom. The number of aromatic nitrogens is 4. The molecule has 0 amide bonds. The first kappa shape index (κ1) is 18.5. The van der Waals surface area contributed by atoms with Crippen LogP contribution in [0.1, 0.15) is 72.8 Å². The molecule has 4 nitrogen and oxygen atoms in total. The molecule has 3 atom stereocenters. The van der Waals surface area contributed by atoms with Crippen LogP contribution in [-0.4, -0.2) is 19.6 Å². The van der Waals surface area contributed by atoms with Gasteiger partial charge >= 0.3 is 0 Å². The van der Waals surface area contributed by atoms with Crippen LogP contribution in [0.3, 0.4) is 0 Å². The van der Waals surface area contributed by atoms with E-state index in [-0.39, 0.29) is 0 Å². The normalized spacial score (nSPS) is 23.8. The summed E-state index contributed by atoms with van der Waals surface area (Å²) >= 11 is 1.87. The van der Waals surface area contributed by atoms with E-state index in [1.165, 1.54) is 39.8 Å². The fourth-order valence-corrected chi connectivity index (χ4v) is 6.41. The topological polar surface area (TPSA) is 43.1 Å². The Balaban J connectivity index is 1.37. The number of thiophene rings is 1. The van der Waals surface area contributed by atoms with Crippen LogP contribution >= 0.6 is 11.3 Å². The highest BCUT2D eigenvalue weighted by Crippen LogP contribution is 2.54. The molecule has 1 saturated carbocycles. The third-order valence-electron chi connectivity index (χ3n) is 7.25. The minimum Gasteiger partial charge on any atom is -0.225 e. The first-order valence-electron chi connectivity index (χ1n) is 11.1. The predicted molar refractivity (Wildman–Crippen MR) is 122 cm³/mol. The number of hydrogen-bond donors (Lipinski definition) is 0. The van der Waals surface area contributed by atoms with Gasteiger partial charge in [0, 0.05) is 10.8 Å². The first-order chi connectivity index (χ1) is 14.4. The SMILES string of the molecule is Cc1ccc([C@@H]2C[C@H]2c2nc3c4c5c(sc4ncn3n2)C[C@@H](C(C)(C)C)CC5)cc1. The lowest BCUT2D eigenvalue weighted by atomic mass is 9.72. The molecular formula is C25H28N4S. The molecule has 3 aromatic heterocycles. The predicted octanol–water partition coefficient (Wildman–Crippen LogP) is 6.07. The van der Waals surface area contributed by atoms with E-state index in [0.717, 1.165) is 35.1 Å². The first-order valence-corrected chi connectivity index (χ1v) is 11.9. The lowest BCUT2D eigenvalue weighted by Gasteiger charge is -2.33. The van der Waals surface area contributed by atoms with Gasteiger partial charge in [0.15, 0.2) is 11.5 Å².